The second-order valence-electron chi connectivity index (χ2n) is 5.55. The molecule has 8 nitrogen and oxygen atoms in total. The summed E-state index contributed by atoms with van der Waals surface area (Å²) in [4.78, 5) is 28.3. The van der Waals surface area contributed by atoms with Crippen molar-refractivity contribution in [2.24, 2.45) is 0 Å². The van der Waals surface area contributed by atoms with Crippen LogP contribution in [0.1, 0.15) is 19.8 Å². The molecule has 3 aromatic rings. The van der Waals surface area contributed by atoms with Gasteiger partial charge in [0.25, 0.3) is 0 Å². The van der Waals surface area contributed by atoms with Crippen molar-refractivity contribution in [2.45, 2.75) is 19.8 Å². The third-order valence-corrected chi connectivity index (χ3v) is 5.49. The number of benzene rings is 1. The molecule has 2 heterocycles. The molecule has 0 saturated heterocycles. The number of fused-ring (bicyclic) bond motifs is 1. The Hall–Kier alpha value is -2.20. The van der Waals surface area contributed by atoms with Gasteiger partial charge < -0.3 is 10.6 Å². The van der Waals surface area contributed by atoms with Gasteiger partial charge in [-0.25, -0.2) is 24.1 Å². The number of carbonyl (C=O) groups is 1. The number of aromatic amines is 1. The van der Waals surface area contributed by atoms with E-state index in [1.54, 1.807) is 18.2 Å². The van der Waals surface area contributed by atoms with Gasteiger partial charge in [-0.3, -0.25) is 0 Å². The van der Waals surface area contributed by atoms with E-state index in [0.29, 0.717) is 38.3 Å². The Kier molecular flexibility index (Phi) is 5.72. The second kappa shape index (κ2) is 8.00. The van der Waals surface area contributed by atoms with Crippen molar-refractivity contribution < 1.29 is 4.79 Å². The topological polar surface area (TPSA) is 104 Å². The number of aromatic nitrogens is 4. The van der Waals surface area contributed by atoms with Crippen LogP contribution in [0.15, 0.2) is 38.3 Å². The smallest absolute Gasteiger partial charge is 0.338 e. The van der Waals surface area contributed by atoms with E-state index in [-0.39, 0.29) is 6.03 Å². The number of carbonyl (C=O) groups excluding carboxylic acids is 1. The van der Waals surface area contributed by atoms with Gasteiger partial charge in [0.15, 0.2) is 5.65 Å². The van der Waals surface area contributed by atoms with Crippen LogP contribution in [0.25, 0.3) is 16.9 Å². The van der Waals surface area contributed by atoms with Gasteiger partial charge in [0, 0.05) is 17.8 Å². The van der Waals surface area contributed by atoms with Crippen LogP contribution in [0.4, 0.5) is 10.5 Å². The van der Waals surface area contributed by atoms with Crippen LogP contribution in [-0.2, 0) is 0 Å². The molecule has 26 heavy (non-hydrogen) atoms. The number of hydrogen-bond donors (Lipinski definition) is 3. The highest BCUT2D eigenvalue weighted by Gasteiger charge is 2.16. The van der Waals surface area contributed by atoms with Crippen LogP contribution in [0.5, 0.6) is 0 Å². The third-order valence-electron chi connectivity index (χ3n) is 3.67. The van der Waals surface area contributed by atoms with Crippen LogP contribution in [0, 0.1) is 0 Å². The van der Waals surface area contributed by atoms with Crippen LogP contribution in [0.2, 0.25) is 0 Å². The van der Waals surface area contributed by atoms with E-state index in [4.69, 9.17) is 0 Å². The lowest BCUT2D eigenvalue weighted by Crippen LogP contribution is -2.29. The highest BCUT2D eigenvalue weighted by molar-refractivity contribution is 9.13. The van der Waals surface area contributed by atoms with Crippen LogP contribution in [-0.4, -0.2) is 32.2 Å². The molecule has 1 aromatic carbocycles. The lowest BCUT2D eigenvalue weighted by molar-refractivity contribution is 0.252. The maximum Gasteiger partial charge on any atom is 0.348 e. The second-order valence-corrected chi connectivity index (χ2v) is 7.05. The lowest BCUT2D eigenvalue weighted by atomic mass is 10.1. The lowest BCUT2D eigenvalue weighted by Gasteiger charge is -2.09. The maximum atomic E-state index is 12.0. The van der Waals surface area contributed by atoms with Gasteiger partial charge in [-0.15, -0.1) is 0 Å². The Morgan fingerprint density at radius 2 is 2.15 bits per heavy atom. The fourth-order valence-corrected chi connectivity index (χ4v) is 3.18. The van der Waals surface area contributed by atoms with Crippen molar-refractivity contribution in [1.82, 2.24) is 24.9 Å². The first-order valence-corrected chi connectivity index (χ1v) is 9.57. The van der Waals surface area contributed by atoms with Gasteiger partial charge >= 0.3 is 11.7 Å². The Morgan fingerprint density at radius 1 is 1.35 bits per heavy atom. The summed E-state index contributed by atoms with van der Waals surface area (Å²) >= 11 is 6.63. The third kappa shape index (κ3) is 3.80. The van der Waals surface area contributed by atoms with Gasteiger partial charge in [-0.2, -0.15) is 5.10 Å². The van der Waals surface area contributed by atoms with E-state index >= 15 is 0 Å². The average Bonchev–Trinajstić information content (AvgIpc) is 2.91. The SMILES string of the molecule is CCCCNC(=O)Nc1cccc(-c2n[nH]c(=O)n3c(Br)c(Br)nc23)c1. The zero-order chi connectivity index (χ0) is 18.7. The van der Waals surface area contributed by atoms with Crippen molar-refractivity contribution in [1.29, 1.82) is 0 Å². The highest BCUT2D eigenvalue weighted by atomic mass is 79.9. The number of anilines is 1. The summed E-state index contributed by atoms with van der Waals surface area (Å²) < 4.78 is 2.38. The van der Waals surface area contributed by atoms with E-state index in [2.05, 4.69) is 64.6 Å². The molecule has 136 valence electrons. The molecule has 3 N–H and O–H groups in total. The number of amides is 2. The molecule has 0 radical (unpaired) electrons. The number of nitrogens with zero attached hydrogens (tertiary/aromatic N) is 3. The number of hydrogen-bond acceptors (Lipinski definition) is 4. The predicted octanol–water partition coefficient (Wildman–Crippen LogP) is 3.53. The summed E-state index contributed by atoms with van der Waals surface area (Å²) in [5.74, 6) is 0. The molecule has 0 bridgehead atoms. The van der Waals surface area contributed by atoms with E-state index in [1.165, 1.54) is 4.40 Å². The predicted molar refractivity (Wildman–Crippen MR) is 106 cm³/mol. The number of unbranched alkanes of at least 4 members (excludes halogenated alkanes) is 1. The van der Waals surface area contributed by atoms with E-state index in [1.807, 2.05) is 6.07 Å². The minimum absolute atomic E-state index is 0.263. The zero-order valence-electron chi connectivity index (χ0n) is 13.8. The highest BCUT2D eigenvalue weighted by Crippen LogP contribution is 2.28. The van der Waals surface area contributed by atoms with Crippen molar-refractivity contribution in [3.63, 3.8) is 0 Å². The summed E-state index contributed by atoms with van der Waals surface area (Å²) in [5.41, 5.74) is 1.82. The number of halogens is 2. The molecule has 0 aliphatic rings. The molecule has 0 atom stereocenters. The van der Waals surface area contributed by atoms with Crippen LogP contribution < -0.4 is 16.3 Å². The summed E-state index contributed by atoms with van der Waals surface area (Å²) in [6.45, 7) is 2.69. The fourth-order valence-electron chi connectivity index (χ4n) is 2.41. The minimum atomic E-state index is -0.404. The fraction of sp³-hybridized carbons (Fsp3) is 0.250. The summed E-state index contributed by atoms with van der Waals surface area (Å²) in [6, 6.07) is 6.92. The van der Waals surface area contributed by atoms with Crippen molar-refractivity contribution in [2.75, 3.05) is 11.9 Å². The van der Waals surface area contributed by atoms with Gasteiger partial charge in [0.1, 0.15) is 14.9 Å². The number of H-pyrrole nitrogens is 1. The van der Waals surface area contributed by atoms with E-state index in [9.17, 15) is 9.59 Å². The number of urea groups is 1. The summed E-state index contributed by atoms with van der Waals surface area (Å²) in [5, 5.41) is 12.2. The molecular formula is C16H16Br2N6O2. The van der Waals surface area contributed by atoms with E-state index in [0.717, 1.165) is 12.8 Å². The Bertz CT molecular complexity index is 1010. The number of imidazole rings is 1. The number of nitrogens with one attached hydrogen (secondary N) is 3. The summed E-state index contributed by atoms with van der Waals surface area (Å²) in [7, 11) is 0. The first-order chi connectivity index (χ1) is 12.5. The first kappa shape index (κ1) is 18.6. The Morgan fingerprint density at radius 3 is 2.92 bits per heavy atom. The number of rotatable bonds is 5. The van der Waals surface area contributed by atoms with E-state index < -0.39 is 5.69 Å². The molecule has 2 amide bonds. The standard InChI is InChI=1S/C16H16Br2N6O2/c1-2-3-7-19-15(25)20-10-6-4-5-9(8-10)11-14-21-12(17)13(18)24(14)16(26)23-22-11/h4-6,8H,2-3,7H2,1H3,(H,23,26)(H2,19,20,25). The molecule has 0 aliphatic carbocycles. The molecular weight excluding hydrogens is 468 g/mol. The quantitative estimate of drug-likeness (QED) is 0.483. The Balaban J connectivity index is 1.93. The van der Waals surface area contributed by atoms with Gasteiger partial charge in [0.05, 0.1) is 0 Å². The molecule has 0 spiro atoms. The van der Waals surface area contributed by atoms with Crippen molar-refractivity contribution >= 4 is 49.2 Å². The summed E-state index contributed by atoms with van der Waals surface area (Å²) in [6.07, 6.45) is 1.94. The molecule has 0 saturated carbocycles. The maximum absolute atomic E-state index is 12.0. The molecule has 0 unspecified atom stereocenters. The largest absolute Gasteiger partial charge is 0.348 e. The monoisotopic (exact) mass is 482 g/mol. The normalized spacial score (nSPS) is 10.9. The van der Waals surface area contributed by atoms with Gasteiger partial charge in [0.2, 0.25) is 0 Å². The van der Waals surface area contributed by atoms with Gasteiger partial charge in [-0.1, -0.05) is 25.5 Å². The zero-order valence-corrected chi connectivity index (χ0v) is 17.0. The molecule has 2 aromatic heterocycles. The first-order valence-electron chi connectivity index (χ1n) is 7.98. The van der Waals surface area contributed by atoms with Crippen molar-refractivity contribution in [3.05, 3.63) is 44.0 Å². The van der Waals surface area contributed by atoms with Crippen LogP contribution in [0.3, 0.4) is 0 Å². The minimum Gasteiger partial charge on any atom is -0.338 e. The average molecular weight is 484 g/mol. The van der Waals surface area contributed by atoms with Crippen LogP contribution >= 0.6 is 31.9 Å². The Labute approximate surface area is 165 Å². The molecule has 10 heteroatoms. The molecule has 0 fully saturated rings. The molecule has 3 rings (SSSR count). The molecule has 0 aliphatic heterocycles. The van der Waals surface area contributed by atoms with Gasteiger partial charge in [-0.05, 0) is 50.4 Å². The van der Waals surface area contributed by atoms with Crippen molar-refractivity contribution in [3.8, 4) is 11.3 Å².